The second-order valence-corrected chi connectivity index (χ2v) is 8.73. The molecule has 0 bridgehead atoms. The summed E-state index contributed by atoms with van der Waals surface area (Å²) in [5.41, 5.74) is 3.34. The van der Waals surface area contributed by atoms with E-state index in [1.54, 1.807) is 12.3 Å². The summed E-state index contributed by atoms with van der Waals surface area (Å²) in [6.45, 7) is 1.95. The minimum absolute atomic E-state index is 0.215. The average Bonchev–Trinajstić information content (AvgIpc) is 2.55. The zero-order chi connectivity index (χ0) is 19.1. The van der Waals surface area contributed by atoms with Crippen LogP contribution in [0.25, 0.3) is 22.3 Å². The molecule has 3 nitrogen and oxygen atoms in total. The molecule has 0 aliphatic carbocycles. The van der Waals surface area contributed by atoms with Crippen LogP contribution in [0.3, 0.4) is 0 Å². The van der Waals surface area contributed by atoms with Crippen molar-refractivity contribution < 1.29 is 17.2 Å². The van der Waals surface area contributed by atoms with Gasteiger partial charge in [-0.05, 0) is 53.4 Å². The minimum atomic E-state index is -4.01. The van der Waals surface area contributed by atoms with Gasteiger partial charge in [-0.1, -0.05) is 28.1 Å². The van der Waals surface area contributed by atoms with Crippen LogP contribution >= 0.6 is 15.9 Å². The highest BCUT2D eigenvalue weighted by Crippen LogP contribution is 2.35. The average molecular weight is 438 g/mol. The molecule has 3 rings (SSSR count). The van der Waals surface area contributed by atoms with Crippen molar-refractivity contribution in [1.29, 1.82) is 0 Å². The van der Waals surface area contributed by atoms with Gasteiger partial charge in [-0.3, -0.25) is 4.98 Å². The van der Waals surface area contributed by atoms with Gasteiger partial charge in [0, 0.05) is 28.7 Å². The van der Waals surface area contributed by atoms with Gasteiger partial charge in [0.2, 0.25) is 0 Å². The first-order valence-corrected chi connectivity index (χ1v) is 10.3. The number of hydrogen-bond acceptors (Lipinski definition) is 3. The first-order chi connectivity index (χ1) is 12.2. The van der Waals surface area contributed by atoms with Crippen molar-refractivity contribution in [1.82, 2.24) is 4.98 Å². The van der Waals surface area contributed by atoms with Crippen molar-refractivity contribution in [2.45, 2.75) is 11.8 Å². The number of rotatable bonds is 3. The Balaban J connectivity index is 2.22. The maximum Gasteiger partial charge on any atom is 0.181 e. The molecule has 0 aliphatic rings. The number of pyridine rings is 1. The van der Waals surface area contributed by atoms with Crippen LogP contribution in [0.15, 0.2) is 58.2 Å². The monoisotopic (exact) mass is 437 g/mol. The van der Waals surface area contributed by atoms with Gasteiger partial charge in [0.15, 0.2) is 9.84 Å². The molecule has 2 aromatic carbocycles. The fraction of sp³-hybridized carbons (Fsp3) is 0.105. The maximum absolute atomic E-state index is 14.3. The molecule has 0 amide bonds. The van der Waals surface area contributed by atoms with E-state index in [2.05, 4.69) is 20.9 Å². The number of aromatic nitrogens is 1. The van der Waals surface area contributed by atoms with Crippen molar-refractivity contribution in [3.63, 3.8) is 0 Å². The summed E-state index contributed by atoms with van der Waals surface area (Å²) in [6, 6.07) is 9.51. The molecule has 0 atom stereocenters. The third-order valence-corrected chi connectivity index (χ3v) is 5.97. The number of sulfone groups is 1. The Hall–Kier alpha value is -2.12. The SMILES string of the molecule is Cc1ccc(-c2ccncc2-c2cc(F)c(S(C)(=O)=O)c(F)c2)cc1Br. The molecule has 134 valence electrons. The first-order valence-electron chi connectivity index (χ1n) is 7.58. The highest BCUT2D eigenvalue weighted by molar-refractivity contribution is 9.10. The summed E-state index contributed by atoms with van der Waals surface area (Å²) < 4.78 is 52.7. The largest absolute Gasteiger partial charge is 0.264 e. The summed E-state index contributed by atoms with van der Waals surface area (Å²) in [5.74, 6) is -2.25. The Morgan fingerprint density at radius 1 is 0.962 bits per heavy atom. The van der Waals surface area contributed by atoms with E-state index in [0.29, 0.717) is 5.56 Å². The van der Waals surface area contributed by atoms with Gasteiger partial charge >= 0.3 is 0 Å². The summed E-state index contributed by atoms with van der Waals surface area (Å²) in [6.07, 6.45) is 3.86. The summed E-state index contributed by atoms with van der Waals surface area (Å²) >= 11 is 3.48. The van der Waals surface area contributed by atoms with Crippen LogP contribution in [0.2, 0.25) is 0 Å². The Labute approximate surface area is 158 Å². The topological polar surface area (TPSA) is 47.0 Å². The Kier molecular flexibility index (Phi) is 4.94. The predicted octanol–water partition coefficient (Wildman–Crippen LogP) is 5.17. The molecule has 26 heavy (non-hydrogen) atoms. The Morgan fingerprint density at radius 2 is 1.62 bits per heavy atom. The van der Waals surface area contributed by atoms with Gasteiger partial charge in [-0.15, -0.1) is 0 Å². The fourth-order valence-electron chi connectivity index (χ4n) is 2.71. The minimum Gasteiger partial charge on any atom is -0.264 e. The lowest BCUT2D eigenvalue weighted by Crippen LogP contribution is -2.05. The summed E-state index contributed by atoms with van der Waals surface area (Å²) in [5, 5.41) is 0. The van der Waals surface area contributed by atoms with Gasteiger partial charge in [-0.2, -0.15) is 0 Å². The van der Waals surface area contributed by atoms with Crippen LogP contribution in [0.5, 0.6) is 0 Å². The molecule has 0 fully saturated rings. The van der Waals surface area contributed by atoms with E-state index in [1.807, 2.05) is 25.1 Å². The van der Waals surface area contributed by atoms with Crippen LogP contribution in [0, 0.1) is 18.6 Å². The number of nitrogens with zero attached hydrogens (tertiary/aromatic N) is 1. The van der Waals surface area contributed by atoms with E-state index < -0.39 is 26.4 Å². The molecular formula is C19H14BrF2NO2S. The van der Waals surface area contributed by atoms with Crippen LogP contribution in [-0.2, 0) is 9.84 Å². The molecule has 0 spiro atoms. The second-order valence-electron chi connectivity index (χ2n) is 5.93. The number of aryl methyl sites for hydroxylation is 1. The third-order valence-electron chi connectivity index (χ3n) is 3.98. The van der Waals surface area contributed by atoms with Crippen LogP contribution < -0.4 is 0 Å². The van der Waals surface area contributed by atoms with Crippen molar-refractivity contribution >= 4 is 25.8 Å². The molecule has 0 saturated heterocycles. The standard InChI is InChI=1S/C19H14BrF2NO2S/c1-11-3-4-12(7-16(11)20)14-5-6-23-10-15(14)13-8-17(21)19(18(22)9-13)26(2,24)25/h3-10H,1-2H3. The van der Waals surface area contributed by atoms with E-state index >= 15 is 0 Å². The molecular weight excluding hydrogens is 424 g/mol. The number of benzene rings is 2. The Bertz CT molecular complexity index is 1090. The lowest BCUT2D eigenvalue weighted by atomic mass is 9.96. The molecule has 1 heterocycles. The van der Waals surface area contributed by atoms with Crippen LogP contribution in [0.1, 0.15) is 5.56 Å². The predicted molar refractivity (Wildman–Crippen MR) is 101 cm³/mol. The summed E-state index contributed by atoms with van der Waals surface area (Å²) in [4.78, 5) is 3.12. The van der Waals surface area contributed by atoms with E-state index in [-0.39, 0.29) is 5.56 Å². The van der Waals surface area contributed by atoms with Gasteiger partial charge in [0.1, 0.15) is 16.5 Å². The molecule has 0 radical (unpaired) electrons. The molecule has 1 aromatic heterocycles. The fourth-order valence-corrected chi connectivity index (χ4v) is 3.91. The van der Waals surface area contributed by atoms with E-state index in [1.165, 1.54) is 6.20 Å². The molecule has 7 heteroatoms. The highest BCUT2D eigenvalue weighted by atomic mass is 79.9. The lowest BCUT2D eigenvalue weighted by molar-refractivity contribution is 0.522. The van der Waals surface area contributed by atoms with E-state index in [0.717, 1.165) is 39.6 Å². The van der Waals surface area contributed by atoms with Crippen molar-refractivity contribution in [2.24, 2.45) is 0 Å². The maximum atomic E-state index is 14.3. The van der Waals surface area contributed by atoms with E-state index in [9.17, 15) is 17.2 Å². The Morgan fingerprint density at radius 3 is 2.19 bits per heavy atom. The number of hydrogen-bond donors (Lipinski definition) is 0. The number of halogens is 3. The smallest absolute Gasteiger partial charge is 0.181 e. The van der Waals surface area contributed by atoms with E-state index in [4.69, 9.17) is 0 Å². The van der Waals surface area contributed by atoms with Gasteiger partial charge < -0.3 is 0 Å². The quantitative estimate of drug-likeness (QED) is 0.567. The molecule has 3 aromatic rings. The van der Waals surface area contributed by atoms with Gasteiger partial charge in [0.25, 0.3) is 0 Å². The van der Waals surface area contributed by atoms with Crippen molar-refractivity contribution in [2.75, 3.05) is 6.26 Å². The zero-order valence-electron chi connectivity index (χ0n) is 13.9. The van der Waals surface area contributed by atoms with Crippen molar-refractivity contribution in [3.8, 4) is 22.3 Å². The molecule has 0 unspecified atom stereocenters. The van der Waals surface area contributed by atoms with Gasteiger partial charge in [-0.25, -0.2) is 17.2 Å². The zero-order valence-corrected chi connectivity index (χ0v) is 16.3. The second kappa shape index (κ2) is 6.89. The molecule has 0 N–H and O–H groups in total. The van der Waals surface area contributed by atoms with Crippen LogP contribution in [0.4, 0.5) is 8.78 Å². The summed E-state index contributed by atoms with van der Waals surface area (Å²) in [7, 11) is -4.01. The molecule has 0 saturated carbocycles. The normalized spacial score (nSPS) is 11.6. The van der Waals surface area contributed by atoms with Crippen molar-refractivity contribution in [3.05, 3.63) is 70.5 Å². The molecule has 0 aliphatic heterocycles. The first kappa shape index (κ1) is 18.7. The van der Waals surface area contributed by atoms with Crippen LogP contribution in [-0.4, -0.2) is 19.7 Å². The highest BCUT2D eigenvalue weighted by Gasteiger charge is 2.22. The lowest BCUT2D eigenvalue weighted by Gasteiger charge is -2.12. The van der Waals surface area contributed by atoms with Gasteiger partial charge in [0.05, 0.1) is 0 Å². The third kappa shape index (κ3) is 3.54.